The van der Waals surface area contributed by atoms with Crippen molar-refractivity contribution < 1.29 is 9.68 Å². The molecule has 2 aliphatic rings. The van der Waals surface area contributed by atoms with Crippen molar-refractivity contribution in [2.75, 3.05) is 14.2 Å². The standard InChI is InChI=1S/C23H28N4O2/c1-28-26-20-10-3-6-16-12-14-18(24-22(16)20)8-5-9-19-15-13-17-7-4-11-21(27-29-2)23(17)25-19/h12-15H,3-11H2,1-2H3/b26-20+,27-21+. The Labute approximate surface area is 172 Å². The molecule has 2 aliphatic carbocycles. The van der Waals surface area contributed by atoms with Crippen molar-refractivity contribution >= 4 is 11.4 Å². The van der Waals surface area contributed by atoms with Gasteiger partial charge in [-0.25, -0.2) is 0 Å². The molecule has 6 nitrogen and oxygen atoms in total. The quantitative estimate of drug-likeness (QED) is 0.696. The van der Waals surface area contributed by atoms with Gasteiger partial charge in [0, 0.05) is 11.4 Å². The number of fused-ring (bicyclic) bond motifs is 2. The number of nitrogens with zero attached hydrogens (tertiary/aromatic N) is 4. The van der Waals surface area contributed by atoms with Gasteiger partial charge in [-0.15, -0.1) is 0 Å². The van der Waals surface area contributed by atoms with Gasteiger partial charge in [-0.1, -0.05) is 22.4 Å². The van der Waals surface area contributed by atoms with Gasteiger partial charge in [0.2, 0.25) is 0 Å². The molecule has 0 saturated carbocycles. The maximum Gasteiger partial charge on any atom is 0.106 e. The monoisotopic (exact) mass is 392 g/mol. The number of pyridine rings is 2. The van der Waals surface area contributed by atoms with Crippen molar-refractivity contribution in [3.8, 4) is 0 Å². The van der Waals surface area contributed by atoms with E-state index in [-0.39, 0.29) is 0 Å². The van der Waals surface area contributed by atoms with Gasteiger partial charge in [-0.2, -0.15) is 0 Å². The second-order valence-electron chi connectivity index (χ2n) is 7.62. The highest BCUT2D eigenvalue weighted by atomic mass is 16.6. The van der Waals surface area contributed by atoms with E-state index in [2.05, 4.69) is 34.6 Å². The second-order valence-corrected chi connectivity index (χ2v) is 7.62. The van der Waals surface area contributed by atoms with Gasteiger partial charge >= 0.3 is 0 Å². The van der Waals surface area contributed by atoms with Gasteiger partial charge < -0.3 is 9.68 Å². The highest BCUT2D eigenvalue weighted by Crippen LogP contribution is 2.23. The summed E-state index contributed by atoms with van der Waals surface area (Å²) >= 11 is 0. The molecular weight excluding hydrogens is 364 g/mol. The Balaban J connectivity index is 1.43. The average Bonchev–Trinajstić information content (AvgIpc) is 2.75. The zero-order chi connectivity index (χ0) is 20.1. The molecule has 0 radical (unpaired) electrons. The number of hydrogen-bond acceptors (Lipinski definition) is 6. The molecule has 0 N–H and O–H groups in total. The van der Waals surface area contributed by atoms with Crippen LogP contribution in [0.2, 0.25) is 0 Å². The van der Waals surface area contributed by atoms with E-state index < -0.39 is 0 Å². The Kier molecular flexibility index (Phi) is 6.17. The van der Waals surface area contributed by atoms with Gasteiger partial charge in [0.25, 0.3) is 0 Å². The predicted octanol–water partition coefficient (Wildman–Crippen LogP) is 4.03. The van der Waals surface area contributed by atoms with Crippen LogP contribution in [0.1, 0.15) is 66.0 Å². The molecule has 0 fully saturated rings. The third-order valence-electron chi connectivity index (χ3n) is 5.61. The molecule has 0 amide bonds. The van der Waals surface area contributed by atoms with Crippen molar-refractivity contribution in [2.24, 2.45) is 10.3 Å². The maximum absolute atomic E-state index is 5.01. The molecule has 0 spiro atoms. The Hall–Kier alpha value is -2.76. The van der Waals surface area contributed by atoms with E-state index in [0.29, 0.717) is 0 Å². The van der Waals surface area contributed by atoms with E-state index in [4.69, 9.17) is 19.6 Å². The molecule has 2 aromatic heterocycles. The highest BCUT2D eigenvalue weighted by molar-refractivity contribution is 6.01. The minimum Gasteiger partial charge on any atom is -0.399 e. The van der Waals surface area contributed by atoms with Crippen molar-refractivity contribution in [3.05, 3.63) is 58.2 Å². The van der Waals surface area contributed by atoms with Gasteiger partial charge in [-0.05, 0) is 81.0 Å². The lowest BCUT2D eigenvalue weighted by Gasteiger charge is -2.18. The van der Waals surface area contributed by atoms with Gasteiger partial charge in [0.15, 0.2) is 0 Å². The number of aromatic nitrogens is 2. The number of rotatable bonds is 6. The number of oxime groups is 2. The van der Waals surface area contributed by atoms with Crippen LogP contribution in [-0.4, -0.2) is 35.6 Å². The summed E-state index contributed by atoms with van der Waals surface area (Å²) in [5, 5.41) is 8.36. The summed E-state index contributed by atoms with van der Waals surface area (Å²) in [4.78, 5) is 19.8. The minimum atomic E-state index is 0.922. The first-order valence-electron chi connectivity index (χ1n) is 10.5. The van der Waals surface area contributed by atoms with Crippen LogP contribution >= 0.6 is 0 Å². The third-order valence-corrected chi connectivity index (χ3v) is 5.61. The molecule has 0 aromatic carbocycles. The second kappa shape index (κ2) is 9.16. The SMILES string of the molecule is CO/N=C1\CCCc2ccc(CCCc3ccc4c(n3)/C(=N/OC)CCC4)nc21. The van der Waals surface area contributed by atoms with E-state index in [1.165, 1.54) is 11.1 Å². The van der Waals surface area contributed by atoms with Crippen LogP contribution in [0, 0.1) is 0 Å². The van der Waals surface area contributed by atoms with E-state index in [1.807, 2.05) is 0 Å². The fourth-order valence-electron chi connectivity index (χ4n) is 4.22. The summed E-state index contributed by atoms with van der Waals surface area (Å²) in [5.41, 5.74) is 8.73. The Morgan fingerprint density at radius 1 is 0.724 bits per heavy atom. The zero-order valence-corrected chi connectivity index (χ0v) is 17.3. The van der Waals surface area contributed by atoms with Crippen LogP contribution in [0.15, 0.2) is 34.6 Å². The van der Waals surface area contributed by atoms with Gasteiger partial charge in [0.1, 0.15) is 25.6 Å². The summed E-state index contributed by atoms with van der Waals surface area (Å²) in [6, 6.07) is 8.70. The molecule has 0 unspecified atom stereocenters. The molecule has 0 saturated heterocycles. The Morgan fingerprint density at radius 3 is 1.66 bits per heavy atom. The highest BCUT2D eigenvalue weighted by Gasteiger charge is 2.19. The number of aryl methyl sites for hydroxylation is 4. The maximum atomic E-state index is 5.01. The summed E-state index contributed by atoms with van der Waals surface area (Å²) in [6.07, 6.45) is 9.06. The lowest BCUT2D eigenvalue weighted by Crippen LogP contribution is -2.16. The van der Waals surface area contributed by atoms with E-state index >= 15 is 0 Å². The van der Waals surface area contributed by atoms with Gasteiger partial charge in [-0.3, -0.25) is 9.97 Å². The van der Waals surface area contributed by atoms with Crippen LogP contribution in [0.4, 0.5) is 0 Å². The lowest BCUT2D eigenvalue weighted by molar-refractivity contribution is 0.212. The first-order valence-corrected chi connectivity index (χ1v) is 10.5. The number of hydrogen-bond donors (Lipinski definition) is 0. The van der Waals surface area contributed by atoms with Gasteiger partial charge in [0.05, 0.1) is 11.4 Å². The Morgan fingerprint density at radius 2 is 1.21 bits per heavy atom. The van der Waals surface area contributed by atoms with Crippen molar-refractivity contribution in [1.82, 2.24) is 9.97 Å². The summed E-state index contributed by atoms with van der Waals surface area (Å²) in [7, 11) is 3.19. The molecule has 0 atom stereocenters. The van der Waals surface area contributed by atoms with Crippen molar-refractivity contribution in [3.63, 3.8) is 0 Å². The van der Waals surface area contributed by atoms with Crippen molar-refractivity contribution in [1.29, 1.82) is 0 Å². The normalized spacial score (nSPS) is 18.4. The fraction of sp³-hybridized carbons (Fsp3) is 0.478. The molecule has 2 heterocycles. The van der Waals surface area contributed by atoms with Crippen LogP contribution in [0.3, 0.4) is 0 Å². The minimum absolute atomic E-state index is 0.922. The first kappa shape index (κ1) is 19.6. The summed E-state index contributed by atoms with van der Waals surface area (Å²) in [5.74, 6) is 0. The average molecular weight is 393 g/mol. The Bertz CT molecular complexity index is 861. The molecule has 0 aliphatic heterocycles. The largest absolute Gasteiger partial charge is 0.399 e. The smallest absolute Gasteiger partial charge is 0.106 e. The van der Waals surface area contributed by atoms with E-state index in [1.54, 1.807) is 14.2 Å². The van der Waals surface area contributed by atoms with Crippen molar-refractivity contribution in [2.45, 2.75) is 57.8 Å². The van der Waals surface area contributed by atoms with Crippen LogP contribution in [0.5, 0.6) is 0 Å². The van der Waals surface area contributed by atoms with Crippen LogP contribution < -0.4 is 0 Å². The molecule has 29 heavy (non-hydrogen) atoms. The zero-order valence-electron chi connectivity index (χ0n) is 17.3. The van der Waals surface area contributed by atoms with E-state index in [9.17, 15) is 0 Å². The molecule has 4 rings (SSSR count). The van der Waals surface area contributed by atoms with Crippen LogP contribution in [-0.2, 0) is 35.4 Å². The third kappa shape index (κ3) is 4.47. The fourth-order valence-corrected chi connectivity index (χ4v) is 4.22. The summed E-state index contributed by atoms with van der Waals surface area (Å²) in [6.45, 7) is 0. The van der Waals surface area contributed by atoms with E-state index in [0.717, 1.165) is 92.0 Å². The molecule has 0 bridgehead atoms. The molecule has 6 heteroatoms. The molecule has 152 valence electrons. The lowest BCUT2D eigenvalue weighted by atomic mass is 9.93. The predicted molar refractivity (Wildman–Crippen MR) is 113 cm³/mol. The molecule has 2 aromatic rings. The molecular formula is C23H28N4O2. The summed E-state index contributed by atoms with van der Waals surface area (Å²) < 4.78 is 0. The first-order chi connectivity index (χ1) is 14.3. The van der Waals surface area contributed by atoms with Crippen LogP contribution in [0.25, 0.3) is 0 Å². The topological polar surface area (TPSA) is 69.0 Å².